The van der Waals surface area contributed by atoms with Gasteiger partial charge in [-0.25, -0.2) is 0 Å². The molecule has 6 heteroatoms. The molecule has 0 aliphatic carbocycles. The number of benzene rings is 1. The Morgan fingerprint density at radius 2 is 2.04 bits per heavy atom. The van der Waals surface area contributed by atoms with E-state index in [4.69, 9.17) is 4.74 Å². The van der Waals surface area contributed by atoms with Crippen LogP contribution in [0.25, 0.3) is 0 Å². The number of piperidine rings is 1. The lowest BCUT2D eigenvalue weighted by atomic mass is 9.95. The minimum absolute atomic E-state index is 0.0819. The zero-order chi connectivity index (χ0) is 17.2. The molecule has 0 spiro atoms. The number of ether oxygens (including phenoxy) is 1. The molecular formula is C19H24N4O2. The molecule has 1 amide bonds. The summed E-state index contributed by atoms with van der Waals surface area (Å²) in [7, 11) is 1.69. The van der Waals surface area contributed by atoms with Gasteiger partial charge in [-0.15, -0.1) is 0 Å². The normalized spacial score (nSPS) is 23.5. The fraction of sp³-hybridized carbons (Fsp3) is 0.474. The van der Waals surface area contributed by atoms with Gasteiger partial charge in [-0.2, -0.15) is 5.10 Å². The summed E-state index contributed by atoms with van der Waals surface area (Å²) in [5.41, 5.74) is 1.88. The van der Waals surface area contributed by atoms with Gasteiger partial charge in [0.05, 0.1) is 7.11 Å². The minimum Gasteiger partial charge on any atom is -0.497 e. The van der Waals surface area contributed by atoms with Crippen molar-refractivity contribution in [3.63, 3.8) is 0 Å². The first kappa shape index (κ1) is 16.1. The van der Waals surface area contributed by atoms with Crippen LogP contribution in [-0.2, 0) is 6.54 Å². The Labute approximate surface area is 147 Å². The molecule has 6 nitrogen and oxygen atoms in total. The van der Waals surface area contributed by atoms with E-state index in [0.717, 1.165) is 38.3 Å². The summed E-state index contributed by atoms with van der Waals surface area (Å²) in [4.78, 5) is 17.3. The molecule has 3 aliphatic heterocycles. The number of aromatic nitrogens is 2. The predicted octanol–water partition coefficient (Wildman–Crippen LogP) is 2.15. The topological polar surface area (TPSA) is 61.5 Å². The monoisotopic (exact) mass is 340 g/mol. The lowest BCUT2D eigenvalue weighted by Crippen LogP contribution is -2.47. The molecule has 132 valence electrons. The van der Waals surface area contributed by atoms with Gasteiger partial charge >= 0.3 is 0 Å². The number of aromatic amines is 1. The van der Waals surface area contributed by atoms with E-state index < -0.39 is 0 Å². The number of methoxy groups -OCH3 is 1. The number of amides is 1. The molecule has 0 unspecified atom stereocenters. The van der Waals surface area contributed by atoms with Crippen molar-refractivity contribution in [2.75, 3.05) is 26.7 Å². The van der Waals surface area contributed by atoms with Crippen LogP contribution < -0.4 is 4.74 Å². The molecule has 1 N–H and O–H groups in total. The maximum absolute atomic E-state index is 12.8. The highest BCUT2D eigenvalue weighted by molar-refractivity contribution is 5.92. The average Bonchev–Trinajstić information content (AvgIpc) is 3.04. The fourth-order valence-corrected chi connectivity index (χ4v) is 4.08. The number of nitrogens with zero attached hydrogens (tertiary/aromatic N) is 3. The molecule has 3 fully saturated rings. The molecule has 3 saturated heterocycles. The van der Waals surface area contributed by atoms with Crippen LogP contribution in [0.2, 0.25) is 0 Å². The van der Waals surface area contributed by atoms with Crippen molar-refractivity contribution < 1.29 is 9.53 Å². The minimum atomic E-state index is 0.0819. The van der Waals surface area contributed by atoms with E-state index in [0.29, 0.717) is 11.6 Å². The summed E-state index contributed by atoms with van der Waals surface area (Å²) < 4.78 is 5.23. The van der Waals surface area contributed by atoms with Crippen LogP contribution in [0.1, 0.15) is 28.9 Å². The number of carbonyl (C=O) groups is 1. The van der Waals surface area contributed by atoms with Crippen molar-refractivity contribution in [1.29, 1.82) is 0 Å². The Morgan fingerprint density at radius 3 is 2.76 bits per heavy atom. The second-order valence-corrected chi connectivity index (χ2v) is 7.07. The fourth-order valence-electron chi connectivity index (χ4n) is 4.08. The predicted molar refractivity (Wildman–Crippen MR) is 94.4 cm³/mol. The summed E-state index contributed by atoms with van der Waals surface area (Å²) in [6, 6.07) is 10.3. The molecule has 3 aliphatic rings. The first-order valence-electron chi connectivity index (χ1n) is 8.88. The van der Waals surface area contributed by atoms with E-state index in [1.807, 2.05) is 12.1 Å². The van der Waals surface area contributed by atoms with Gasteiger partial charge in [-0.05, 0) is 42.5 Å². The van der Waals surface area contributed by atoms with E-state index in [2.05, 4.69) is 32.1 Å². The molecule has 0 radical (unpaired) electrons. The van der Waals surface area contributed by atoms with Crippen LogP contribution in [0.4, 0.5) is 0 Å². The standard InChI is InChI=1S/C19H24N4O2/c1-25-17-6-3-14(4-7-17)10-22-11-15-2-5-16(13-22)23(12-15)19(24)18-8-9-20-21-18/h3-4,6-9,15-16H,2,5,10-13H2,1H3,(H,20,21)/t15-,16+/m1/s1. The molecule has 1 aromatic heterocycles. The van der Waals surface area contributed by atoms with E-state index >= 15 is 0 Å². The third-order valence-corrected chi connectivity index (χ3v) is 5.35. The van der Waals surface area contributed by atoms with Crippen LogP contribution in [0.5, 0.6) is 5.75 Å². The Balaban J connectivity index is 1.46. The summed E-state index contributed by atoms with van der Waals surface area (Å²) in [6.07, 6.45) is 3.93. The number of H-pyrrole nitrogens is 1. The highest BCUT2D eigenvalue weighted by Gasteiger charge is 2.37. The van der Waals surface area contributed by atoms with Crippen LogP contribution in [0, 0.1) is 5.92 Å². The van der Waals surface area contributed by atoms with Crippen LogP contribution in [0.3, 0.4) is 0 Å². The molecule has 0 saturated carbocycles. The van der Waals surface area contributed by atoms with Gasteiger partial charge in [0.2, 0.25) is 0 Å². The number of fused-ring (bicyclic) bond motifs is 4. The zero-order valence-electron chi connectivity index (χ0n) is 14.5. The summed E-state index contributed by atoms with van der Waals surface area (Å²) in [5, 5.41) is 6.72. The Morgan fingerprint density at radius 1 is 1.20 bits per heavy atom. The van der Waals surface area contributed by atoms with E-state index in [1.54, 1.807) is 19.4 Å². The maximum Gasteiger partial charge on any atom is 0.272 e. The van der Waals surface area contributed by atoms with Crippen molar-refractivity contribution >= 4 is 5.91 Å². The maximum atomic E-state index is 12.8. The van der Waals surface area contributed by atoms with E-state index in [-0.39, 0.29) is 11.9 Å². The molecule has 2 atom stereocenters. The molecule has 1 aromatic carbocycles. The molecule has 2 bridgehead atoms. The van der Waals surface area contributed by atoms with Crippen molar-refractivity contribution in [1.82, 2.24) is 20.0 Å². The molecular weight excluding hydrogens is 316 g/mol. The van der Waals surface area contributed by atoms with Crippen molar-refractivity contribution in [3.8, 4) is 5.75 Å². The molecule has 2 aromatic rings. The summed E-state index contributed by atoms with van der Waals surface area (Å²) in [5.74, 6) is 1.51. The highest BCUT2D eigenvalue weighted by atomic mass is 16.5. The van der Waals surface area contributed by atoms with Gasteiger partial charge in [-0.1, -0.05) is 12.1 Å². The molecule has 5 rings (SSSR count). The van der Waals surface area contributed by atoms with Gasteiger partial charge in [0.25, 0.3) is 5.91 Å². The van der Waals surface area contributed by atoms with Crippen LogP contribution in [-0.4, -0.2) is 58.7 Å². The Bertz CT molecular complexity index is 714. The largest absolute Gasteiger partial charge is 0.497 e. The van der Waals surface area contributed by atoms with E-state index in [9.17, 15) is 4.79 Å². The number of rotatable bonds is 4. The quantitative estimate of drug-likeness (QED) is 0.926. The second kappa shape index (κ2) is 6.88. The SMILES string of the molecule is COc1ccc(CN2C[C@H]3CC[C@@H](C2)N(C(=O)c2ccn[nH]2)C3)cc1. The first-order valence-corrected chi connectivity index (χ1v) is 8.88. The van der Waals surface area contributed by atoms with Crippen LogP contribution >= 0.6 is 0 Å². The van der Waals surface area contributed by atoms with Crippen molar-refractivity contribution in [2.24, 2.45) is 5.92 Å². The van der Waals surface area contributed by atoms with Crippen LogP contribution in [0.15, 0.2) is 36.5 Å². The molecule has 4 heterocycles. The number of hydrogen-bond acceptors (Lipinski definition) is 4. The van der Waals surface area contributed by atoms with Gasteiger partial charge < -0.3 is 9.64 Å². The summed E-state index contributed by atoms with van der Waals surface area (Å²) in [6.45, 7) is 3.75. The van der Waals surface area contributed by atoms with Crippen molar-refractivity contribution in [2.45, 2.75) is 25.4 Å². The molecule has 25 heavy (non-hydrogen) atoms. The number of carbonyl (C=O) groups excluding carboxylic acids is 1. The van der Waals surface area contributed by atoms with Gasteiger partial charge in [0.15, 0.2) is 0 Å². The van der Waals surface area contributed by atoms with Gasteiger partial charge in [0, 0.05) is 38.4 Å². The third kappa shape index (κ3) is 3.39. The Kier molecular flexibility index (Phi) is 4.44. The zero-order valence-corrected chi connectivity index (χ0v) is 14.5. The lowest BCUT2D eigenvalue weighted by Gasteiger charge is -2.35. The second-order valence-electron chi connectivity index (χ2n) is 7.07. The number of nitrogens with one attached hydrogen (secondary N) is 1. The lowest BCUT2D eigenvalue weighted by molar-refractivity contribution is 0.0579. The smallest absolute Gasteiger partial charge is 0.272 e. The summed E-state index contributed by atoms with van der Waals surface area (Å²) >= 11 is 0. The first-order chi connectivity index (χ1) is 12.2. The Hall–Kier alpha value is -2.34. The van der Waals surface area contributed by atoms with E-state index in [1.165, 1.54) is 12.0 Å². The highest BCUT2D eigenvalue weighted by Crippen LogP contribution is 2.30. The third-order valence-electron chi connectivity index (χ3n) is 5.35. The average molecular weight is 340 g/mol. The van der Waals surface area contributed by atoms with Crippen molar-refractivity contribution in [3.05, 3.63) is 47.8 Å². The van der Waals surface area contributed by atoms with Gasteiger partial charge in [-0.3, -0.25) is 14.8 Å². The van der Waals surface area contributed by atoms with Gasteiger partial charge in [0.1, 0.15) is 11.4 Å². The number of hydrogen-bond donors (Lipinski definition) is 1.